The van der Waals surface area contributed by atoms with Gasteiger partial charge in [-0.2, -0.15) is 0 Å². The quantitative estimate of drug-likeness (QED) is 0.635. The van der Waals surface area contributed by atoms with Gasteiger partial charge in [0.2, 0.25) is 5.91 Å². The Kier molecular flexibility index (Phi) is 7.46. The maximum Gasteiger partial charge on any atom is 0.321 e. The Morgan fingerprint density at radius 1 is 0.919 bits per heavy atom. The predicted molar refractivity (Wildman–Crippen MR) is 142 cm³/mol. The van der Waals surface area contributed by atoms with Gasteiger partial charge < -0.3 is 29.7 Å². The van der Waals surface area contributed by atoms with Crippen LogP contribution in [0.1, 0.15) is 12.8 Å². The number of amides is 4. The molecule has 5 rings (SSSR count). The van der Waals surface area contributed by atoms with Crippen LogP contribution in [0.5, 0.6) is 0 Å². The summed E-state index contributed by atoms with van der Waals surface area (Å²) >= 11 is 12.3. The van der Waals surface area contributed by atoms with Gasteiger partial charge in [-0.25, -0.2) is 4.79 Å². The van der Waals surface area contributed by atoms with Crippen LogP contribution in [0.25, 0.3) is 0 Å². The molecular formula is C26H29Cl2N5O4. The molecule has 0 unspecified atom stereocenters. The van der Waals surface area contributed by atoms with Crippen molar-refractivity contribution in [3.63, 3.8) is 0 Å². The molecule has 2 aromatic carbocycles. The average Bonchev–Trinajstić information content (AvgIpc) is 3.18. The molecule has 11 heteroatoms. The summed E-state index contributed by atoms with van der Waals surface area (Å²) in [5.74, 6) is -0.146. The van der Waals surface area contributed by atoms with Crippen molar-refractivity contribution in [3.8, 4) is 0 Å². The SMILES string of the molecule is O=C(CN1CN(c2ccccc2)C2(CCN(C(=O)Nc3cccc(Cl)c3Cl)CC2)C1=O)N1CCOCC1. The van der Waals surface area contributed by atoms with Gasteiger partial charge in [0.25, 0.3) is 5.91 Å². The van der Waals surface area contributed by atoms with Crippen molar-refractivity contribution >= 4 is 52.4 Å². The zero-order valence-corrected chi connectivity index (χ0v) is 21.9. The van der Waals surface area contributed by atoms with E-state index in [2.05, 4.69) is 10.2 Å². The van der Waals surface area contributed by atoms with Crippen molar-refractivity contribution in [3.05, 3.63) is 58.6 Å². The molecule has 0 aliphatic carbocycles. The Labute approximate surface area is 225 Å². The number of morpholine rings is 1. The molecule has 0 radical (unpaired) electrons. The Hall–Kier alpha value is -3.01. The lowest BCUT2D eigenvalue weighted by Gasteiger charge is -2.43. The molecule has 4 amide bonds. The van der Waals surface area contributed by atoms with Gasteiger partial charge in [-0.1, -0.05) is 47.5 Å². The second kappa shape index (κ2) is 10.8. The third-order valence-electron chi connectivity index (χ3n) is 7.34. The zero-order valence-electron chi connectivity index (χ0n) is 20.4. The molecule has 0 saturated carbocycles. The molecule has 3 aliphatic rings. The predicted octanol–water partition coefficient (Wildman–Crippen LogP) is 3.53. The van der Waals surface area contributed by atoms with Gasteiger partial charge in [0.1, 0.15) is 12.1 Å². The number of piperidine rings is 1. The fourth-order valence-electron chi connectivity index (χ4n) is 5.27. The number of nitrogens with one attached hydrogen (secondary N) is 1. The minimum Gasteiger partial charge on any atom is -0.378 e. The number of anilines is 2. The van der Waals surface area contributed by atoms with Crippen LogP contribution in [0.2, 0.25) is 10.0 Å². The topological polar surface area (TPSA) is 85.4 Å². The molecule has 2 aromatic rings. The first-order valence-electron chi connectivity index (χ1n) is 12.4. The number of hydrogen-bond acceptors (Lipinski definition) is 5. The number of benzene rings is 2. The van der Waals surface area contributed by atoms with Crippen LogP contribution in [-0.4, -0.2) is 90.7 Å². The Balaban J connectivity index is 1.31. The van der Waals surface area contributed by atoms with Gasteiger partial charge in [-0.3, -0.25) is 9.59 Å². The second-order valence-electron chi connectivity index (χ2n) is 9.45. The van der Waals surface area contributed by atoms with Gasteiger partial charge in [-0.05, 0) is 37.1 Å². The summed E-state index contributed by atoms with van der Waals surface area (Å²) in [7, 11) is 0. The highest BCUT2D eigenvalue weighted by molar-refractivity contribution is 6.43. The maximum absolute atomic E-state index is 13.9. The van der Waals surface area contributed by atoms with E-state index in [1.807, 2.05) is 30.3 Å². The highest BCUT2D eigenvalue weighted by atomic mass is 35.5. The number of nitrogens with zero attached hydrogens (tertiary/aromatic N) is 4. The van der Waals surface area contributed by atoms with E-state index < -0.39 is 5.54 Å². The first-order chi connectivity index (χ1) is 17.9. The summed E-state index contributed by atoms with van der Waals surface area (Å²) < 4.78 is 5.35. The largest absolute Gasteiger partial charge is 0.378 e. The number of ether oxygens (including phenoxy) is 1. The van der Waals surface area contributed by atoms with E-state index in [9.17, 15) is 14.4 Å². The lowest BCUT2D eigenvalue weighted by atomic mass is 9.85. The van der Waals surface area contributed by atoms with Crippen LogP contribution in [0.4, 0.5) is 16.2 Å². The van der Waals surface area contributed by atoms with Crippen molar-refractivity contribution < 1.29 is 19.1 Å². The smallest absolute Gasteiger partial charge is 0.321 e. The van der Waals surface area contributed by atoms with Crippen LogP contribution in [0, 0.1) is 0 Å². The van der Waals surface area contributed by atoms with Gasteiger partial charge >= 0.3 is 6.03 Å². The van der Waals surface area contributed by atoms with Gasteiger partial charge in [0, 0.05) is 31.9 Å². The number of likely N-dealkylation sites (tertiary alicyclic amines) is 1. The first-order valence-corrected chi connectivity index (χ1v) is 13.1. The number of para-hydroxylation sites is 1. The van der Waals surface area contributed by atoms with E-state index in [1.54, 1.807) is 32.9 Å². The summed E-state index contributed by atoms with van der Waals surface area (Å²) in [5.41, 5.74) is 0.535. The molecule has 0 bridgehead atoms. The minimum atomic E-state index is -0.822. The molecule has 37 heavy (non-hydrogen) atoms. The second-order valence-corrected chi connectivity index (χ2v) is 10.2. The molecular weight excluding hydrogens is 517 g/mol. The standard InChI is InChI=1S/C26H29Cl2N5O4/c27-20-7-4-8-21(23(20)28)29-25(36)31-11-9-26(10-12-31)24(35)32(17-22(34)30-13-15-37-16-14-30)18-33(26)19-5-2-1-3-6-19/h1-8H,9-18H2,(H,29,36). The van der Waals surface area contributed by atoms with Crippen molar-refractivity contribution in [2.75, 3.05) is 62.8 Å². The number of urea groups is 1. The van der Waals surface area contributed by atoms with E-state index in [-0.39, 0.29) is 29.4 Å². The lowest BCUT2D eigenvalue weighted by molar-refractivity contribution is -0.143. The fraction of sp³-hybridized carbons (Fsp3) is 0.423. The molecule has 1 N–H and O–H groups in total. The Morgan fingerprint density at radius 2 is 1.62 bits per heavy atom. The lowest BCUT2D eigenvalue weighted by Crippen LogP contribution is -2.58. The van der Waals surface area contributed by atoms with Crippen LogP contribution < -0.4 is 10.2 Å². The zero-order chi connectivity index (χ0) is 26.0. The summed E-state index contributed by atoms with van der Waals surface area (Å²) in [5, 5.41) is 3.47. The monoisotopic (exact) mass is 545 g/mol. The molecule has 3 heterocycles. The van der Waals surface area contributed by atoms with Crippen LogP contribution >= 0.6 is 23.2 Å². The molecule has 3 aliphatic heterocycles. The van der Waals surface area contributed by atoms with E-state index in [0.29, 0.717) is 69.6 Å². The van der Waals surface area contributed by atoms with Crippen LogP contribution in [-0.2, 0) is 14.3 Å². The molecule has 0 atom stereocenters. The van der Waals surface area contributed by atoms with Crippen molar-refractivity contribution in [1.29, 1.82) is 0 Å². The third kappa shape index (κ3) is 5.08. The molecule has 3 fully saturated rings. The van der Waals surface area contributed by atoms with Crippen molar-refractivity contribution in [2.45, 2.75) is 18.4 Å². The third-order valence-corrected chi connectivity index (χ3v) is 8.16. The van der Waals surface area contributed by atoms with Crippen LogP contribution in [0.3, 0.4) is 0 Å². The fourth-order valence-corrected chi connectivity index (χ4v) is 5.62. The maximum atomic E-state index is 13.9. The summed E-state index contributed by atoms with van der Waals surface area (Å²) in [6, 6.07) is 14.5. The number of carbonyl (C=O) groups excluding carboxylic acids is 3. The highest BCUT2D eigenvalue weighted by Crippen LogP contribution is 2.40. The van der Waals surface area contributed by atoms with Crippen LogP contribution in [0.15, 0.2) is 48.5 Å². The van der Waals surface area contributed by atoms with Gasteiger partial charge in [0.15, 0.2) is 0 Å². The number of carbonyl (C=O) groups is 3. The van der Waals surface area contributed by atoms with Gasteiger partial charge in [0.05, 0.1) is 35.6 Å². The van der Waals surface area contributed by atoms with E-state index >= 15 is 0 Å². The Bertz CT molecular complexity index is 1170. The van der Waals surface area contributed by atoms with Gasteiger partial charge in [-0.15, -0.1) is 0 Å². The van der Waals surface area contributed by atoms with E-state index in [4.69, 9.17) is 27.9 Å². The van der Waals surface area contributed by atoms with Crippen molar-refractivity contribution in [2.24, 2.45) is 0 Å². The molecule has 9 nitrogen and oxygen atoms in total. The number of rotatable bonds is 4. The molecule has 196 valence electrons. The molecule has 0 aromatic heterocycles. The van der Waals surface area contributed by atoms with Crippen molar-refractivity contribution in [1.82, 2.24) is 14.7 Å². The first kappa shape index (κ1) is 25.6. The summed E-state index contributed by atoms with van der Waals surface area (Å²) in [6.45, 7) is 3.21. The van der Waals surface area contributed by atoms with E-state index in [0.717, 1.165) is 5.69 Å². The average molecular weight is 546 g/mol. The van der Waals surface area contributed by atoms with E-state index in [1.165, 1.54) is 0 Å². The molecule has 1 spiro atoms. The Morgan fingerprint density at radius 3 is 2.32 bits per heavy atom. The molecule has 3 saturated heterocycles. The minimum absolute atomic E-state index is 0.0291. The summed E-state index contributed by atoms with van der Waals surface area (Å²) in [4.78, 5) is 47.0. The highest BCUT2D eigenvalue weighted by Gasteiger charge is 2.54. The normalized spacial score (nSPS) is 19.5. The number of hydrogen-bond donors (Lipinski definition) is 1. The summed E-state index contributed by atoms with van der Waals surface area (Å²) in [6.07, 6.45) is 0.888. The number of halogens is 2.